The number of hydrogen-bond donors (Lipinski definition) is 1. The van der Waals surface area contributed by atoms with Crippen molar-refractivity contribution in [1.29, 1.82) is 0 Å². The minimum absolute atomic E-state index is 0.400. The van der Waals surface area contributed by atoms with Crippen LogP contribution in [0, 0.1) is 13.8 Å². The van der Waals surface area contributed by atoms with Crippen molar-refractivity contribution < 1.29 is 14.3 Å². The predicted molar refractivity (Wildman–Crippen MR) is 78.7 cm³/mol. The van der Waals surface area contributed by atoms with E-state index >= 15 is 0 Å². The number of carboxylic acid groups (broad SMARTS) is 1. The number of fused-ring (bicyclic) bond motifs is 1. The van der Waals surface area contributed by atoms with Crippen LogP contribution in [-0.4, -0.2) is 22.6 Å². The van der Waals surface area contributed by atoms with Crippen LogP contribution in [0.1, 0.15) is 39.7 Å². The second-order valence-corrected chi connectivity index (χ2v) is 5.38. The summed E-state index contributed by atoms with van der Waals surface area (Å²) in [6.07, 6.45) is 1.74. The van der Waals surface area contributed by atoms with Gasteiger partial charge in [-0.2, -0.15) is 0 Å². The normalized spacial score (nSPS) is 14.1. The number of rotatable bonds is 3. The Balaban J connectivity index is 1.93. The highest BCUT2D eigenvalue weighted by Crippen LogP contribution is 2.31. The molecule has 2 aromatic rings. The first-order chi connectivity index (χ1) is 10.1. The molecule has 0 saturated heterocycles. The van der Waals surface area contributed by atoms with Crippen LogP contribution in [0.25, 0.3) is 0 Å². The van der Waals surface area contributed by atoms with Gasteiger partial charge in [0.05, 0.1) is 17.8 Å². The van der Waals surface area contributed by atoms with Gasteiger partial charge in [0.1, 0.15) is 5.76 Å². The van der Waals surface area contributed by atoms with E-state index < -0.39 is 5.97 Å². The van der Waals surface area contributed by atoms with Gasteiger partial charge in [-0.25, -0.2) is 9.78 Å². The van der Waals surface area contributed by atoms with Crippen LogP contribution in [0.3, 0.4) is 0 Å². The fourth-order valence-electron chi connectivity index (χ4n) is 2.84. The summed E-state index contributed by atoms with van der Waals surface area (Å²) in [5.74, 6) is 0.650. The number of carbonyl (C=O) groups is 1. The van der Waals surface area contributed by atoms with Gasteiger partial charge in [-0.3, -0.25) is 0 Å². The second-order valence-electron chi connectivity index (χ2n) is 5.38. The summed E-state index contributed by atoms with van der Waals surface area (Å²) in [5.41, 5.74) is 3.20. The molecule has 1 aliphatic heterocycles. The SMILES string of the molecule is Cc1nc(CN2CCCc3c(C(=O)O)cccc32)oc1C. The Bertz CT molecular complexity index is 671. The molecule has 5 heteroatoms. The van der Waals surface area contributed by atoms with Crippen LogP contribution in [0.15, 0.2) is 22.6 Å². The Labute approximate surface area is 123 Å². The maximum atomic E-state index is 11.3. The predicted octanol–water partition coefficient (Wildman–Crippen LogP) is 2.94. The van der Waals surface area contributed by atoms with Gasteiger partial charge >= 0.3 is 5.97 Å². The molecule has 0 saturated carbocycles. The van der Waals surface area contributed by atoms with Gasteiger partial charge in [0, 0.05) is 12.2 Å². The Kier molecular flexibility index (Phi) is 3.41. The Morgan fingerprint density at radius 1 is 1.43 bits per heavy atom. The van der Waals surface area contributed by atoms with Crippen molar-refractivity contribution >= 4 is 11.7 Å². The first-order valence-corrected chi connectivity index (χ1v) is 7.09. The van der Waals surface area contributed by atoms with Crippen LogP contribution in [0.5, 0.6) is 0 Å². The van der Waals surface area contributed by atoms with Gasteiger partial charge in [-0.1, -0.05) is 6.07 Å². The molecule has 0 fully saturated rings. The Hall–Kier alpha value is -2.30. The number of hydrogen-bond acceptors (Lipinski definition) is 4. The topological polar surface area (TPSA) is 66.6 Å². The zero-order chi connectivity index (χ0) is 15.0. The van der Waals surface area contributed by atoms with Gasteiger partial charge < -0.3 is 14.4 Å². The number of carboxylic acids is 1. The lowest BCUT2D eigenvalue weighted by Gasteiger charge is -2.31. The number of nitrogens with zero attached hydrogens (tertiary/aromatic N) is 2. The third-order valence-corrected chi connectivity index (χ3v) is 3.98. The molecule has 5 nitrogen and oxygen atoms in total. The number of aromatic carboxylic acids is 1. The van der Waals surface area contributed by atoms with E-state index in [2.05, 4.69) is 9.88 Å². The summed E-state index contributed by atoms with van der Waals surface area (Å²) in [7, 11) is 0. The van der Waals surface area contributed by atoms with Crippen LogP contribution in [-0.2, 0) is 13.0 Å². The van der Waals surface area contributed by atoms with Crippen LogP contribution < -0.4 is 4.90 Å². The zero-order valence-electron chi connectivity index (χ0n) is 12.2. The van der Waals surface area contributed by atoms with Crippen molar-refractivity contribution in [2.24, 2.45) is 0 Å². The lowest BCUT2D eigenvalue weighted by molar-refractivity contribution is 0.0695. The largest absolute Gasteiger partial charge is 0.478 e. The molecule has 3 rings (SSSR count). The van der Waals surface area contributed by atoms with E-state index in [9.17, 15) is 9.90 Å². The van der Waals surface area contributed by atoms with Gasteiger partial charge in [0.25, 0.3) is 0 Å². The molecule has 1 aromatic carbocycles. The Morgan fingerprint density at radius 3 is 2.90 bits per heavy atom. The highest BCUT2D eigenvalue weighted by molar-refractivity contribution is 5.91. The smallest absolute Gasteiger partial charge is 0.336 e. The van der Waals surface area contributed by atoms with E-state index in [1.54, 1.807) is 12.1 Å². The average molecular weight is 286 g/mol. The van der Waals surface area contributed by atoms with E-state index in [0.717, 1.165) is 42.1 Å². The molecule has 0 amide bonds. The zero-order valence-corrected chi connectivity index (χ0v) is 12.2. The molecule has 0 aliphatic carbocycles. The van der Waals surface area contributed by atoms with E-state index in [1.165, 1.54) is 0 Å². The summed E-state index contributed by atoms with van der Waals surface area (Å²) in [6.45, 7) is 5.29. The molecular formula is C16H18N2O3. The lowest BCUT2D eigenvalue weighted by Crippen LogP contribution is -2.30. The first-order valence-electron chi connectivity index (χ1n) is 7.09. The molecule has 0 atom stereocenters. The minimum Gasteiger partial charge on any atom is -0.478 e. The monoisotopic (exact) mass is 286 g/mol. The molecule has 0 spiro atoms. The van der Waals surface area contributed by atoms with Crippen molar-refractivity contribution in [2.45, 2.75) is 33.2 Å². The molecule has 110 valence electrons. The standard InChI is InChI=1S/C16H18N2O3/c1-10-11(2)21-15(17-10)9-18-8-4-6-12-13(16(19)20)5-3-7-14(12)18/h3,5,7H,4,6,8-9H2,1-2H3,(H,19,20). The third-order valence-electron chi connectivity index (χ3n) is 3.98. The highest BCUT2D eigenvalue weighted by atomic mass is 16.4. The first kappa shape index (κ1) is 13.7. The highest BCUT2D eigenvalue weighted by Gasteiger charge is 2.23. The van der Waals surface area contributed by atoms with Crippen molar-refractivity contribution in [2.75, 3.05) is 11.4 Å². The minimum atomic E-state index is -0.864. The fourth-order valence-corrected chi connectivity index (χ4v) is 2.84. The Morgan fingerprint density at radius 2 is 2.24 bits per heavy atom. The number of aromatic nitrogens is 1. The molecule has 0 bridgehead atoms. The fraction of sp³-hybridized carbons (Fsp3) is 0.375. The van der Waals surface area contributed by atoms with Crippen LogP contribution in [0.4, 0.5) is 5.69 Å². The number of oxazole rings is 1. The van der Waals surface area contributed by atoms with Gasteiger partial charge in [-0.15, -0.1) is 0 Å². The van der Waals surface area contributed by atoms with Crippen molar-refractivity contribution in [3.05, 3.63) is 46.7 Å². The molecule has 1 aliphatic rings. The number of anilines is 1. The summed E-state index contributed by atoms with van der Waals surface area (Å²) < 4.78 is 5.64. The summed E-state index contributed by atoms with van der Waals surface area (Å²) in [4.78, 5) is 17.9. The van der Waals surface area contributed by atoms with Crippen LogP contribution >= 0.6 is 0 Å². The second kappa shape index (κ2) is 5.24. The number of benzene rings is 1. The molecule has 1 aromatic heterocycles. The molecular weight excluding hydrogens is 268 g/mol. The van der Waals surface area contributed by atoms with Crippen molar-refractivity contribution in [3.63, 3.8) is 0 Å². The van der Waals surface area contributed by atoms with Gasteiger partial charge in [0.15, 0.2) is 0 Å². The maximum absolute atomic E-state index is 11.3. The van der Waals surface area contributed by atoms with Crippen LogP contribution in [0.2, 0.25) is 0 Å². The molecule has 0 radical (unpaired) electrons. The van der Waals surface area contributed by atoms with Crippen molar-refractivity contribution in [3.8, 4) is 0 Å². The van der Waals surface area contributed by atoms with Gasteiger partial charge in [0.2, 0.25) is 5.89 Å². The molecule has 21 heavy (non-hydrogen) atoms. The summed E-state index contributed by atoms with van der Waals surface area (Å²) in [6, 6.07) is 5.44. The third kappa shape index (κ3) is 2.51. The number of aryl methyl sites for hydroxylation is 2. The van der Waals surface area contributed by atoms with E-state index in [4.69, 9.17) is 4.42 Å². The quantitative estimate of drug-likeness (QED) is 0.939. The van der Waals surface area contributed by atoms with E-state index in [0.29, 0.717) is 18.0 Å². The maximum Gasteiger partial charge on any atom is 0.336 e. The summed E-state index contributed by atoms with van der Waals surface area (Å²) >= 11 is 0. The lowest BCUT2D eigenvalue weighted by atomic mass is 9.96. The average Bonchev–Trinajstić information content (AvgIpc) is 2.77. The van der Waals surface area contributed by atoms with Gasteiger partial charge in [-0.05, 0) is 44.4 Å². The van der Waals surface area contributed by atoms with Crippen molar-refractivity contribution in [1.82, 2.24) is 4.98 Å². The molecule has 1 N–H and O–H groups in total. The molecule has 2 heterocycles. The molecule has 0 unspecified atom stereocenters. The summed E-state index contributed by atoms with van der Waals surface area (Å²) in [5, 5.41) is 9.31. The van der Waals surface area contributed by atoms with E-state index in [-0.39, 0.29) is 0 Å². The van der Waals surface area contributed by atoms with E-state index in [1.807, 2.05) is 19.9 Å².